The number of aromatic nitrogens is 4. The highest BCUT2D eigenvalue weighted by Gasteiger charge is 2.11. The minimum atomic E-state index is -3.71. The molecule has 10 heteroatoms. The molecule has 4 N–H and O–H groups in total. The van der Waals surface area contributed by atoms with E-state index in [1.165, 1.54) is 12.1 Å². The predicted molar refractivity (Wildman–Crippen MR) is 93.1 cm³/mol. The summed E-state index contributed by atoms with van der Waals surface area (Å²) in [4.78, 5) is 15.9. The number of aryl methyl sites for hydroxylation is 1. The Balaban J connectivity index is 1.88. The van der Waals surface area contributed by atoms with Gasteiger partial charge in [0, 0.05) is 11.9 Å². The van der Waals surface area contributed by atoms with Gasteiger partial charge < -0.3 is 10.3 Å². The van der Waals surface area contributed by atoms with Crippen LogP contribution in [0.4, 0.5) is 11.6 Å². The Morgan fingerprint density at radius 2 is 1.88 bits per heavy atom. The minimum absolute atomic E-state index is 0.0402. The number of imidazole rings is 1. The number of aromatic amines is 1. The van der Waals surface area contributed by atoms with Crippen molar-refractivity contribution in [3.8, 4) is 11.4 Å². The van der Waals surface area contributed by atoms with Crippen LogP contribution in [-0.2, 0) is 10.0 Å². The first-order chi connectivity index (χ1) is 11.3. The highest BCUT2D eigenvalue weighted by Crippen LogP contribution is 2.26. The quantitative estimate of drug-likeness (QED) is 0.607. The summed E-state index contributed by atoms with van der Waals surface area (Å²) in [6, 6.07) is 6.00. The van der Waals surface area contributed by atoms with Gasteiger partial charge in [0.05, 0.1) is 21.3 Å². The number of benzene rings is 1. The fourth-order valence-electron chi connectivity index (χ4n) is 2.01. The molecule has 1 aromatic carbocycles. The van der Waals surface area contributed by atoms with Crippen molar-refractivity contribution < 1.29 is 8.42 Å². The summed E-state index contributed by atoms with van der Waals surface area (Å²) in [5, 5.41) is 8.09. The molecule has 124 valence electrons. The fourth-order valence-corrected chi connectivity index (χ4v) is 2.93. The van der Waals surface area contributed by atoms with Crippen LogP contribution >= 0.6 is 15.9 Å². The molecule has 0 aliphatic rings. The van der Waals surface area contributed by atoms with E-state index in [0.717, 1.165) is 16.0 Å². The third-order valence-corrected chi connectivity index (χ3v) is 4.65. The number of nitrogens with two attached hydrogens (primary N) is 1. The zero-order chi connectivity index (χ0) is 17.3. The number of primary sulfonamides is 1. The number of nitrogens with one attached hydrogen (secondary N) is 2. The number of halogens is 1. The van der Waals surface area contributed by atoms with E-state index in [1.54, 1.807) is 24.5 Å². The Kier molecular flexibility index (Phi) is 4.35. The predicted octanol–water partition coefficient (Wildman–Crippen LogP) is 2.33. The summed E-state index contributed by atoms with van der Waals surface area (Å²) < 4.78 is 23.2. The van der Waals surface area contributed by atoms with Crippen molar-refractivity contribution in [2.75, 3.05) is 5.32 Å². The molecule has 0 saturated carbocycles. The van der Waals surface area contributed by atoms with Crippen LogP contribution in [0.2, 0.25) is 0 Å². The zero-order valence-corrected chi connectivity index (χ0v) is 14.9. The van der Waals surface area contributed by atoms with Crippen LogP contribution in [0.25, 0.3) is 11.4 Å². The summed E-state index contributed by atoms with van der Waals surface area (Å²) in [5.41, 5.74) is 2.06. The second-order valence-corrected chi connectivity index (χ2v) is 7.38. The van der Waals surface area contributed by atoms with Gasteiger partial charge in [0.2, 0.25) is 16.0 Å². The van der Waals surface area contributed by atoms with Crippen molar-refractivity contribution in [2.45, 2.75) is 11.8 Å². The molecular weight excluding hydrogens is 396 g/mol. The van der Waals surface area contributed by atoms with Crippen LogP contribution < -0.4 is 10.5 Å². The summed E-state index contributed by atoms with van der Waals surface area (Å²) in [5.74, 6) is 1.15. The molecule has 0 radical (unpaired) electrons. The average molecular weight is 409 g/mol. The van der Waals surface area contributed by atoms with Gasteiger partial charge >= 0.3 is 0 Å². The summed E-state index contributed by atoms with van der Waals surface area (Å²) in [7, 11) is -3.71. The molecule has 0 spiro atoms. The minimum Gasteiger partial charge on any atom is -0.341 e. The third kappa shape index (κ3) is 3.61. The molecule has 0 amide bonds. The molecule has 3 aromatic rings. The number of hydrogen-bond acceptors (Lipinski definition) is 6. The number of hydrogen-bond donors (Lipinski definition) is 3. The van der Waals surface area contributed by atoms with E-state index in [1.807, 2.05) is 6.92 Å². The molecular formula is C14H13BrN6O2S. The van der Waals surface area contributed by atoms with E-state index < -0.39 is 10.0 Å². The maximum absolute atomic E-state index is 11.3. The standard InChI is InChI=1S/C14H13BrN6O2S/c1-8-17-7-12(19-8)13-11(15)6-18-14(21-13)20-9-2-4-10(5-3-9)24(16,22)23/h2-7H,1H3,(H,17,19)(H2,16,22,23)(H,18,20,21). The summed E-state index contributed by atoms with van der Waals surface area (Å²) >= 11 is 3.41. The molecule has 8 nitrogen and oxygen atoms in total. The Morgan fingerprint density at radius 3 is 2.46 bits per heavy atom. The molecule has 0 fully saturated rings. The van der Waals surface area contributed by atoms with Crippen molar-refractivity contribution in [2.24, 2.45) is 5.14 Å². The van der Waals surface area contributed by atoms with Crippen LogP contribution in [0, 0.1) is 6.92 Å². The Morgan fingerprint density at radius 1 is 1.17 bits per heavy atom. The average Bonchev–Trinajstić information content (AvgIpc) is 2.95. The van der Waals surface area contributed by atoms with E-state index in [0.29, 0.717) is 17.3 Å². The summed E-state index contributed by atoms with van der Waals surface area (Å²) in [6.07, 6.45) is 3.31. The van der Waals surface area contributed by atoms with E-state index >= 15 is 0 Å². The van der Waals surface area contributed by atoms with E-state index in [-0.39, 0.29) is 4.90 Å². The van der Waals surface area contributed by atoms with Crippen molar-refractivity contribution >= 4 is 37.6 Å². The lowest BCUT2D eigenvalue weighted by atomic mass is 10.3. The Hall–Kier alpha value is -2.30. The van der Waals surface area contributed by atoms with Crippen molar-refractivity contribution in [3.05, 3.63) is 47.0 Å². The highest BCUT2D eigenvalue weighted by atomic mass is 79.9. The smallest absolute Gasteiger partial charge is 0.238 e. The van der Waals surface area contributed by atoms with Gasteiger partial charge in [-0.2, -0.15) is 0 Å². The van der Waals surface area contributed by atoms with Crippen LogP contribution in [0.1, 0.15) is 5.82 Å². The van der Waals surface area contributed by atoms with Crippen LogP contribution in [-0.4, -0.2) is 28.4 Å². The Labute approximate surface area is 146 Å². The molecule has 0 aliphatic heterocycles. The van der Waals surface area contributed by atoms with Crippen LogP contribution in [0.3, 0.4) is 0 Å². The van der Waals surface area contributed by atoms with E-state index in [2.05, 4.69) is 41.2 Å². The molecule has 0 atom stereocenters. The lowest BCUT2D eigenvalue weighted by molar-refractivity contribution is 0.598. The maximum Gasteiger partial charge on any atom is 0.238 e. The number of sulfonamides is 1. The molecule has 0 unspecified atom stereocenters. The van der Waals surface area contributed by atoms with Crippen molar-refractivity contribution in [1.82, 2.24) is 19.9 Å². The molecule has 24 heavy (non-hydrogen) atoms. The molecule has 2 heterocycles. The number of anilines is 2. The first kappa shape index (κ1) is 16.6. The normalized spacial score (nSPS) is 11.5. The summed E-state index contributed by atoms with van der Waals surface area (Å²) in [6.45, 7) is 1.85. The molecule has 2 aromatic heterocycles. The maximum atomic E-state index is 11.3. The first-order valence-electron chi connectivity index (χ1n) is 6.77. The zero-order valence-electron chi connectivity index (χ0n) is 12.5. The lowest BCUT2D eigenvalue weighted by Crippen LogP contribution is -2.11. The van der Waals surface area contributed by atoms with Crippen LogP contribution in [0.15, 0.2) is 46.0 Å². The highest BCUT2D eigenvalue weighted by molar-refractivity contribution is 9.10. The lowest BCUT2D eigenvalue weighted by Gasteiger charge is -2.08. The molecule has 0 saturated heterocycles. The van der Waals surface area contributed by atoms with Gasteiger partial charge in [0.25, 0.3) is 0 Å². The van der Waals surface area contributed by atoms with Gasteiger partial charge in [-0.05, 0) is 47.1 Å². The number of rotatable bonds is 4. The van der Waals surface area contributed by atoms with Crippen molar-refractivity contribution in [1.29, 1.82) is 0 Å². The van der Waals surface area contributed by atoms with Gasteiger partial charge in [0.15, 0.2) is 0 Å². The molecule has 0 bridgehead atoms. The first-order valence-corrected chi connectivity index (χ1v) is 9.11. The van der Waals surface area contributed by atoms with E-state index in [9.17, 15) is 8.42 Å². The SMILES string of the molecule is Cc1ncc(-c2nc(Nc3ccc(S(N)(=O)=O)cc3)ncc2Br)[nH]1. The van der Waals surface area contributed by atoms with Crippen molar-refractivity contribution in [3.63, 3.8) is 0 Å². The van der Waals surface area contributed by atoms with E-state index in [4.69, 9.17) is 5.14 Å². The second-order valence-electron chi connectivity index (χ2n) is 4.97. The molecule has 0 aliphatic carbocycles. The monoisotopic (exact) mass is 408 g/mol. The third-order valence-electron chi connectivity index (χ3n) is 3.14. The number of H-pyrrole nitrogens is 1. The van der Waals surface area contributed by atoms with Gasteiger partial charge in [-0.1, -0.05) is 0 Å². The second kappa shape index (κ2) is 6.30. The van der Waals surface area contributed by atoms with Gasteiger partial charge in [0.1, 0.15) is 11.5 Å². The Bertz CT molecular complexity index is 985. The molecule has 3 rings (SSSR count). The number of nitrogens with zero attached hydrogens (tertiary/aromatic N) is 3. The topological polar surface area (TPSA) is 127 Å². The fraction of sp³-hybridized carbons (Fsp3) is 0.0714. The van der Waals surface area contributed by atoms with Gasteiger partial charge in [-0.15, -0.1) is 0 Å². The largest absolute Gasteiger partial charge is 0.341 e. The van der Waals surface area contributed by atoms with Gasteiger partial charge in [-0.25, -0.2) is 28.5 Å². The van der Waals surface area contributed by atoms with Crippen LogP contribution in [0.5, 0.6) is 0 Å². The van der Waals surface area contributed by atoms with Gasteiger partial charge in [-0.3, -0.25) is 0 Å².